The molecule has 7 nitrogen and oxygen atoms in total. The molecule has 0 saturated heterocycles. The number of imidazole rings is 1. The van der Waals surface area contributed by atoms with Crippen molar-refractivity contribution in [1.82, 2.24) is 14.9 Å². The fraction of sp³-hybridized carbons (Fsp3) is 0.105. The summed E-state index contributed by atoms with van der Waals surface area (Å²) in [6.07, 6.45) is 0.877. The van der Waals surface area contributed by atoms with Gasteiger partial charge in [-0.1, -0.05) is 11.6 Å². The zero-order valence-electron chi connectivity index (χ0n) is 14.6. The summed E-state index contributed by atoms with van der Waals surface area (Å²) in [6, 6.07) is 9.26. The number of carbonyl (C=O) groups is 2. The van der Waals surface area contributed by atoms with Gasteiger partial charge in [0.05, 0.1) is 24.0 Å². The molecule has 0 unspecified atom stereocenters. The highest BCUT2D eigenvalue weighted by Crippen LogP contribution is 2.31. The molecule has 9 heteroatoms. The van der Waals surface area contributed by atoms with Gasteiger partial charge in [-0.05, 0) is 30.3 Å². The molecule has 0 saturated carbocycles. The van der Waals surface area contributed by atoms with Crippen LogP contribution in [0.2, 0.25) is 5.02 Å². The van der Waals surface area contributed by atoms with E-state index in [4.69, 9.17) is 21.4 Å². The van der Waals surface area contributed by atoms with Crippen molar-refractivity contribution in [2.75, 3.05) is 0 Å². The monoisotopic (exact) mass is 403 g/mol. The van der Waals surface area contributed by atoms with Crippen LogP contribution in [-0.2, 0) is 13.6 Å². The molecule has 2 N–H and O–H groups in total. The number of nitrogens with one attached hydrogen (secondary N) is 1. The van der Waals surface area contributed by atoms with Crippen LogP contribution in [0.1, 0.15) is 16.2 Å². The highest BCUT2D eigenvalue weighted by atomic mass is 35.5. The second-order valence-corrected chi connectivity index (χ2v) is 6.26. The Morgan fingerprint density at radius 1 is 1.36 bits per heavy atom. The van der Waals surface area contributed by atoms with Gasteiger partial charge in [0.15, 0.2) is 6.29 Å². The second-order valence-electron chi connectivity index (χ2n) is 5.82. The van der Waals surface area contributed by atoms with E-state index in [1.807, 2.05) is 0 Å². The zero-order chi connectivity index (χ0) is 20.3. The van der Waals surface area contributed by atoms with Gasteiger partial charge in [-0.2, -0.15) is 0 Å². The number of aldehydes is 1. The Bertz CT molecular complexity index is 1030. The lowest BCUT2D eigenvalue weighted by atomic mass is 10.1. The fourth-order valence-corrected chi connectivity index (χ4v) is 2.81. The molecular formula is C19H15ClFN3O4. The summed E-state index contributed by atoms with van der Waals surface area (Å²) >= 11 is 5.83. The number of amides is 1. The lowest BCUT2D eigenvalue weighted by molar-refractivity contribution is 0.111. The number of hydrogen-bond acceptors (Lipinski definition) is 4. The summed E-state index contributed by atoms with van der Waals surface area (Å²) in [5.74, 6) is 0.216. The van der Waals surface area contributed by atoms with E-state index in [2.05, 4.69) is 10.3 Å². The van der Waals surface area contributed by atoms with Gasteiger partial charge in [-0.25, -0.2) is 14.2 Å². The van der Waals surface area contributed by atoms with Crippen LogP contribution < -0.4 is 10.1 Å². The standard InChI is InChI=1S/C19H15ClFN3O4/c1-24-16(8-22-18(24)9-23-19(26)27)11-2-4-13(5-3-11)28-17-7-12(20)6-15(21)14(17)10-25/h2-8,10,23H,9H2,1H3,(H,26,27). The highest BCUT2D eigenvalue weighted by molar-refractivity contribution is 6.30. The SMILES string of the molecule is Cn1c(-c2ccc(Oc3cc(Cl)cc(F)c3C=O)cc2)cnc1CNC(=O)O. The van der Waals surface area contributed by atoms with E-state index in [1.165, 1.54) is 6.07 Å². The van der Waals surface area contributed by atoms with Crippen LogP contribution in [0.3, 0.4) is 0 Å². The number of nitrogens with zero attached hydrogens (tertiary/aromatic N) is 2. The number of carboxylic acid groups (broad SMARTS) is 1. The van der Waals surface area contributed by atoms with Crippen molar-refractivity contribution in [1.29, 1.82) is 0 Å². The molecule has 0 atom stereocenters. The van der Waals surface area contributed by atoms with E-state index in [0.29, 0.717) is 17.9 Å². The molecule has 0 aliphatic carbocycles. The quantitative estimate of drug-likeness (QED) is 0.600. The fourth-order valence-electron chi connectivity index (χ4n) is 2.62. The van der Waals surface area contributed by atoms with Crippen molar-refractivity contribution in [2.45, 2.75) is 6.54 Å². The third kappa shape index (κ3) is 4.12. The summed E-state index contributed by atoms with van der Waals surface area (Å²) in [5, 5.41) is 11.1. The first-order valence-corrected chi connectivity index (χ1v) is 8.46. The molecule has 0 radical (unpaired) electrons. The van der Waals surface area contributed by atoms with E-state index in [0.717, 1.165) is 17.3 Å². The van der Waals surface area contributed by atoms with Crippen molar-refractivity contribution in [3.63, 3.8) is 0 Å². The number of aromatic nitrogens is 2. The van der Waals surface area contributed by atoms with E-state index < -0.39 is 11.9 Å². The van der Waals surface area contributed by atoms with Gasteiger partial charge < -0.3 is 19.7 Å². The van der Waals surface area contributed by atoms with E-state index >= 15 is 0 Å². The van der Waals surface area contributed by atoms with Crippen molar-refractivity contribution < 1.29 is 23.8 Å². The summed E-state index contributed by atoms with van der Waals surface area (Å²) < 4.78 is 21.2. The summed E-state index contributed by atoms with van der Waals surface area (Å²) in [4.78, 5) is 25.9. The van der Waals surface area contributed by atoms with Gasteiger partial charge >= 0.3 is 6.09 Å². The van der Waals surface area contributed by atoms with E-state index in [-0.39, 0.29) is 22.9 Å². The maximum atomic E-state index is 13.8. The molecule has 28 heavy (non-hydrogen) atoms. The average Bonchev–Trinajstić information content (AvgIpc) is 3.01. The smallest absolute Gasteiger partial charge is 0.405 e. The van der Waals surface area contributed by atoms with Crippen molar-refractivity contribution >= 4 is 24.0 Å². The van der Waals surface area contributed by atoms with Crippen LogP contribution in [0.15, 0.2) is 42.6 Å². The maximum Gasteiger partial charge on any atom is 0.405 e. The van der Waals surface area contributed by atoms with Gasteiger partial charge in [0.25, 0.3) is 0 Å². The topological polar surface area (TPSA) is 93.5 Å². The van der Waals surface area contributed by atoms with Crippen LogP contribution in [0, 0.1) is 5.82 Å². The minimum atomic E-state index is -1.13. The van der Waals surface area contributed by atoms with Gasteiger partial charge in [-0.3, -0.25) is 4.79 Å². The Kier molecular flexibility index (Phi) is 5.60. The van der Waals surface area contributed by atoms with Gasteiger partial charge in [0, 0.05) is 23.7 Å². The van der Waals surface area contributed by atoms with Crippen LogP contribution in [0.25, 0.3) is 11.3 Å². The largest absolute Gasteiger partial charge is 0.465 e. The molecule has 1 aromatic heterocycles. The number of benzene rings is 2. The predicted molar refractivity (Wildman–Crippen MR) is 100 cm³/mol. The molecule has 0 aliphatic rings. The number of halogens is 2. The molecule has 3 rings (SSSR count). The average molecular weight is 404 g/mol. The summed E-state index contributed by atoms with van der Waals surface area (Å²) in [7, 11) is 1.77. The number of ether oxygens (including phenoxy) is 1. The Morgan fingerprint density at radius 2 is 2.07 bits per heavy atom. The number of rotatable bonds is 6. The molecule has 0 bridgehead atoms. The molecule has 1 amide bonds. The molecule has 0 spiro atoms. The summed E-state index contributed by atoms with van der Waals surface area (Å²) in [6.45, 7) is 0.0851. The van der Waals surface area contributed by atoms with Crippen LogP contribution in [-0.4, -0.2) is 27.0 Å². The molecule has 3 aromatic rings. The first kappa shape index (κ1) is 19.4. The highest BCUT2D eigenvalue weighted by Gasteiger charge is 2.13. The second kappa shape index (κ2) is 8.10. The van der Waals surface area contributed by atoms with Crippen LogP contribution >= 0.6 is 11.6 Å². The van der Waals surface area contributed by atoms with Crippen LogP contribution in [0.5, 0.6) is 11.5 Å². The minimum absolute atomic E-state index is 0.0234. The van der Waals surface area contributed by atoms with Crippen molar-refractivity contribution in [2.24, 2.45) is 7.05 Å². The molecule has 2 aromatic carbocycles. The third-order valence-corrected chi connectivity index (χ3v) is 4.25. The minimum Gasteiger partial charge on any atom is -0.465 e. The summed E-state index contributed by atoms with van der Waals surface area (Å²) in [5.41, 5.74) is 1.38. The van der Waals surface area contributed by atoms with Crippen molar-refractivity contribution in [3.05, 3.63) is 64.8 Å². The normalized spacial score (nSPS) is 10.5. The van der Waals surface area contributed by atoms with Gasteiger partial charge in [0.2, 0.25) is 0 Å². The van der Waals surface area contributed by atoms with Crippen LogP contribution in [0.4, 0.5) is 9.18 Å². The first-order chi connectivity index (χ1) is 13.4. The Morgan fingerprint density at radius 3 is 2.71 bits per heavy atom. The number of hydrogen-bond donors (Lipinski definition) is 2. The van der Waals surface area contributed by atoms with Crippen molar-refractivity contribution in [3.8, 4) is 22.8 Å². The van der Waals surface area contributed by atoms with Gasteiger partial charge in [-0.15, -0.1) is 0 Å². The molecule has 0 aliphatic heterocycles. The molecular weight excluding hydrogens is 389 g/mol. The predicted octanol–water partition coefficient (Wildman–Crippen LogP) is 4.25. The lowest BCUT2D eigenvalue weighted by Gasteiger charge is -2.10. The van der Waals surface area contributed by atoms with E-state index in [1.54, 1.807) is 42.1 Å². The Balaban J connectivity index is 1.82. The zero-order valence-corrected chi connectivity index (χ0v) is 15.4. The van der Waals surface area contributed by atoms with E-state index in [9.17, 15) is 14.0 Å². The van der Waals surface area contributed by atoms with Gasteiger partial charge in [0.1, 0.15) is 23.1 Å². The Hall–Kier alpha value is -3.39. The molecule has 144 valence electrons. The Labute approximate surface area is 164 Å². The number of carbonyl (C=O) groups excluding carboxylic acids is 1. The third-order valence-electron chi connectivity index (χ3n) is 4.03. The molecule has 0 fully saturated rings. The lowest BCUT2D eigenvalue weighted by Crippen LogP contribution is -2.22. The molecule has 1 heterocycles. The maximum absolute atomic E-state index is 13.8. The first-order valence-electron chi connectivity index (χ1n) is 8.09.